The van der Waals surface area contributed by atoms with Crippen LogP contribution in [0.15, 0.2) is 0 Å². The number of carbonyl (C=O) groups excluding carboxylic acids is 1. The minimum atomic E-state index is -0.391. The van der Waals surface area contributed by atoms with Gasteiger partial charge in [0.2, 0.25) is 5.91 Å². The summed E-state index contributed by atoms with van der Waals surface area (Å²) < 4.78 is 5.38. The molecule has 0 bridgehead atoms. The number of nitrogens with one attached hydrogen (secondary N) is 1. The van der Waals surface area contributed by atoms with Crippen molar-refractivity contribution in [3.63, 3.8) is 0 Å². The molecule has 0 saturated carbocycles. The van der Waals surface area contributed by atoms with E-state index in [1.165, 1.54) is 19.4 Å². The molecule has 0 aromatic rings. The molecule has 0 aliphatic carbocycles. The van der Waals surface area contributed by atoms with Gasteiger partial charge >= 0.3 is 0 Å². The fourth-order valence-corrected chi connectivity index (χ4v) is 3.31. The maximum absolute atomic E-state index is 12.6. The molecule has 0 atom stereocenters. The van der Waals surface area contributed by atoms with Crippen LogP contribution in [-0.2, 0) is 9.53 Å². The lowest BCUT2D eigenvalue weighted by Gasteiger charge is -2.38. The monoisotopic (exact) mass is 297 g/mol. The first-order chi connectivity index (χ1) is 10.2. The molecular weight excluding hydrogens is 266 g/mol. The lowest BCUT2D eigenvalue weighted by atomic mass is 9.79. The summed E-state index contributed by atoms with van der Waals surface area (Å²) in [4.78, 5) is 15.1. The van der Waals surface area contributed by atoms with E-state index in [2.05, 4.69) is 17.1 Å². The molecule has 21 heavy (non-hydrogen) atoms. The Bertz CT molecular complexity index is 321. The van der Waals surface area contributed by atoms with Crippen LogP contribution in [0.1, 0.15) is 45.4 Å². The molecule has 0 unspecified atom stereocenters. The average Bonchev–Trinajstić information content (AvgIpc) is 2.54. The minimum absolute atomic E-state index is 0.153. The minimum Gasteiger partial charge on any atom is -0.381 e. The van der Waals surface area contributed by atoms with Gasteiger partial charge in [-0.3, -0.25) is 4.79 Å². The first kappa shape index (κ1) is 16.7. The Balaban J connectivity index is 1.78. The normalized spacial score (nSPS) is 23.9. The second kappa shape index (κ2) is 8.11. The Labute approximate surface area is 128 Å². The number of nitrogens with two attached hydrogens (primary N) is 1. The maximum atomic E-state index is 12.6. The summed E-state index contributed by atoms with van der Waals surface area (Å²) in [5.74, 6) is 0.153. The van der Waals surface area contributed by atoms with Gasteiger partial charge in [0, 0.05) is 38.9 Å². The van der Waals surface area contributed by atoms with E-state index in [9.17, 15) is 4.79 Å². The summed E-state index contributed by atoms with van der Waals surface area (Å²) in [6.07, 6.45) is 6.15. The molecule has 0 spiro atoms. The molecule has 5 heteroatoms. The molecule has 2 heterocycles. The lowest BCUT2D eigenvalue weighted by molar-refractivity contribution is -0.137. The summed E-state index contributed by atoms with van der Waals surface area (Å²) in [5, 5.41) is 3.26. The predicted molar refractivity (Wildman–Crippen MR) is 84.1 cm³/mol. The number of likely N-dealkylation sites (tertiary alicyclic amines) is 1. The SMILES string of the molecule is CCCCN1CCC(NC(=O)C2(CN)CCOCC2)CC1. The predicted octanol–water partition coefficient (Wildman–Crippen LogP) is 1.12. The molecule has 122 valence electrons. The number of piperidine rings is 1. The van der Waals surface area contributed by atoms with Gasteiger partial charge in [0.15, 0.2) is 0 Å². The number of carbonyl (C=O) groups is 1. The zero-order valence-electron chi connectivity index (χ0n) is 13.4. The van der Waals surface area contributed by atoms with Crippen LogP contribution in [0.5, 0.6) is 0 Å². The molecule has 2 saturated heterocycles. The third-order valence-corrected chi connectivity index (χ3v) is 5.07. The molecule has 2 aliphatic heterocycles. The van der Waals surface area contributed by atoms with Gasteiger partial charge in [-0.05, 0) is 38.6 Å². The Hall–Kier alpha value is -0.650. The third kappa shape index (κ3) is 4.41. The second-order valence-corrected chi connectivity index (χ2v) is 6.54. The summed E-state index contributed by atoms with van der Waals surface area (Å²) in [6.45, 7) is 7.36. The van der Waals surface area contributed by atoms with Crippen molar-refractivity contribution in [2.45, 2.75) is 51.5 Å². The van der Waals surface area contributed by atoms with Crippen molar-refractivity contribution in [1.29, 1.82) is 0 Å². The smallest absolute Gasteiger partial charge is 0.227 e. The molecular formula is C16H31N3O2. The number of hydrogen-bond donors (Lipinski definition) is 2. The van der Waals surface area contributed by atoms with Gasteiger partial charge in [0.25, 0.3) is 0 Å². The number of hydrogen-bond acceptors (Lipinski definition) is 4. The highest BCUT2D eigenvalue weighted by atomic mass is 16.5. The quantitative estimate of drug-likeness (QED) is 0.771. The first-order valence-electron chi connectivity index (χ1n) is 8.51. The Morgan fingerprint density at radius 3 is 2.57 bits per heavy atom. The number of amides is 1. The van der Waals surface area contributed by atoms with Crippen LogP contribution < -0.4 is 11.1 Å². The van der Waals surface area contributed by atoms with E-state index in [0.29, 0.717) is 25.8 Å². The van der Waals surface area contributed by atoms with Gasteiger partial charge in [-0.15, -0.1) is 0 Å². The molecule has 2 fully saturated rings. The van der Waals surface area contributed by atoms with E-state index in [1.807, 2.05) is 0 Å². The fraction of sp³-hybridized carbons (Fsp3) is 0.938. The van der Waals surface area contributed by atoms with E-state index in [1.54, 1.807) is 0 Å². The molecule has 0 aromatic carbocycles. The average molecular weight is 297 g/mol. The summed E-state index contributed by atoms with van der Waals surface area (Å²) >= 11 is 0. The highest BCUT2D eigenvalue weighted by molar-refractivity contribution is 5.83. The molecule has 2 aliphatic rings. The van der Waals surface area contributed by atoms with Crippen molar-refractivity contribution in [1.82, 2.24) is 10.2 Å². The molecule has 0 aromatic heterocycles. The van der Waals surface area contributed by atoms with E-state index < -0.39 is 5.41 Å². The van der Waals surface area contributed by atoms with E-state index in [4.69, 9.17) is 10.5 Å². The van der Waals surface area contributed by atoms with Gasteiger partial charge in [-0.25, -0.2) is 0 Å². The Kier molecular flexibility index (Phi) is 6.45. The first-order valence-corrected chi connectivity index (χ1v) is 8.51. The number of rotatable bonds is 6. The zero-order chi connectivity index (χ0) is 15.1. The molecule has 2 rings (SSSR count). The Morgan fingerprint density at radius 1 is 1.33 bits per heavy atom. The van der Waals surface area contributed by atoms with Crippen LogP contribution in [0.2, 0.25) is 0 Å². The van der Waals surface area contributed by atoms with Gasteiger partial charge in [0.1, 0.15) is 0 Å². The van der Waals surface area contributed by atoms with Gasteiger partial charge in [-0.1, -0.05) is 13.3 Å². The Morgan fingerprint density at radius 2 is 2.00 bits per heavy atom. The molecule has 1 amide bonds. The fourth-order valence-electron chi connectivity index (χ4n) is 3.31. The summed E-state index contributed by atoms with van der Waals surface area (Å²) in [6, 6.07) is 0.321. The maximum Gasteiger partial charge on any atom is 0.227 e. The van der Waals surface area contributed by atoms with Gasteiger partial charge in [0.05, 0.1) is 5.41 Å². The largest absolute Gasteiger partial charge is 0.381 e. The summed E-state index contributed by atoms with van der Waals surface area (Å²) in [7, 11) is 0. The van der Waals surface area contributed by atoms with Gasteiger partial charge in [-0.2, -0.15) is 0 Å². The van der Waals surface area contributed by atoms with Crippen LogP contribution >= 0.6 is 0 Å². The summed E-state index contributed by atoms with van der Waals surface area (Å²) in [5.41, 5.74) is 5.51. The van der Waals surface area contributed by atoms with Crippen molar-refractivity contribution >= 4 is 5.91 Å². The van der Waals surface area contributed by atoms with E-state index >= 15 is 0 Å². The second-order valence-electron chi connectivity index (χ2n) is 6.54. The van der Waals surface area contributed by atoms with Crippen molar-refractivity contribution in [2.75, 3.05) is 39.4 Å². The van der Waals surface area contributed by atoms with Crippen LogP contribution in [0.4, 0.5) is 0 Å². The number of unbranched alkanes of at least 4 members (excludes halogenated alkanes) is 1. The zero-order valence-corrected chi connectivity index (χ0v) is 13.4. The van der Waals surface area contributed by atoms with Crippen LogP contribution in [0.25, 0.3) is 0 Å². The van der Waals surface area contributed by atoms with E-state index in [0.717, 1.165) is 38.8 Å². The number of nitrogens with zero attached hydrogens (tertiary/aromatic N) is 1. The highest BCUT2D eigenvalue weighted by Crippen LogP contribution is 2.30. The van der Waals surface area contributed by atoms with Crippen molar-refractivity contribution in [3.8, 4) is 0 Å². The molecule has 3 N–H and O–H groups in total. The van der Waals surface area contributed by atoms with Crippen LogP contribution in [0, 0.1) is 5.41 Å². The molecule has 0 radical (unpaired) electrons. The van der Waals surface area contributed by atoms with Crippen molar-refractivity contribution in [3.05, 3.63) is 0 Å². The van der Waals surface area contributed by atoms with Crippen molar-refractivity contribution in [2.24, 2.45) is 11.1 Å². The standard InChI is InChI=1S/C16H31N3O2/c1-2-3-8-19-9-4-14(5-10-19)18-15(20)16(13-17)6-11-21-12-7-16/h14H,2-13,17H2,1H3,(H,18,20). The van der Waals surface area contributed by atoms with Crippen molar-refractivity contribution < 1.29 is 9.53 Å². The van der Waals surface area contributed by atoms with Crippen LogP contribution in [0.3, 0.4) is 0 Å². The lowest BCUT2D eigenvalue weighted by Crippen LogP contribution is -2.53. The topological polar surface area (TPSA) is 67.6 Å². The van der Waals surface area contributed by atoms with E-state index in [-0.39, 0.29) is 5.91 Å². The van der Waals surface area contributed by atoms with Crippen LogP contribution in [-0.4, -0.2) is 56.2 Å². The number of ether oxygens (including phenoxy) is 1. The molecule has 5 nitrogen and oxygen atoms in total. The third-order valence-electron chi connectivity index (χ3n) is 5.07. The highest BCUT2D eigenvalue weighted by Gasteiger charge is 2.39. The van der Waals surface area contributed by atoms with Gasteiger partial charge < -0.3 is 20.7 Å².